The van der Waals surface area contributed by atoms with Crippen molar-refractivity contribution in [2.75, 3.05) is 17.3 Å². The van der Waals surface area contributed by atoms with Crippen molar-refractivity contribution in [3.63, 3.8) is 0 Å². The number of sulfone groups is 1. The Morgan fingerprint density at radius 1 is 1.29 bits per heavy atom. The third-order valence-corrected chi connectivity index (χ3v) is 5.43. The highest BCUT2D eigenvalue weighted by Gasteiger charge is 2.22. The lowest BCUT2D eigenvalue weighted by molar-refractivity contribution is -0.120. The van der Waals surface area contributed by atoms with E-state index in [4.69, 9.17) is 4.74 Å². The van der Waals surface area contributed by atoms with E-state index in [0.29, 0.717) is 0 Å². The summed E-state index contributed by atoms with van der Waals surface area (Å²) in [5.74, 6) is -0.330. The molecule has 0 aliphatic carbocycles. The molecule has 0 spiro atoms. The summed E-state index contributed by atoms with van der Waals surface area (Å²) in [4.78, 5) is 17.9. The standard InChI is InChI=1S/C15H19N3O4S2/c1-4-24(20,21)14-16-15(23-17-14)22-10-13(19)18(11(2)3)12-8-6-5-7-9-12/h5-9,11H,4,10H2,1-3H3. The number of carbonyl (C=O) groups excluding carboxylic acids is 1. The van der Waals surface area contributed by atoms with Gasteiger partial charge in [0.1, 0.15) is 0 Å². The van der Waals surface area contributed by atoms with Gasteiger partial charge in [0.15, 0.2) is 6.61 Å². The second kappa shape index (κ2) is 7.71. The average molecular weight is 369 g/mol. The molecule has 2 aromatic rings. The van der Waals surface area contributed by atoms with E-state index >= 15 is 0 Å². The van der Waals surface area contributed by atoms with E-state index in [1.54, 1.807) is 4.90 Å². The van der Waals surface area contributed by atoms with Crippen LogP contribution in [0.2, 0.25) is 0 Å². The third-order valence-electron chi connectivity index (χ3n) is 3.19. The molecule has 0 bridgehead atoms. The number of anilines is 1. The number of benzene rings is 1. The fourth-order valence-electron chi connectivity index (χ4n) is 2.02. The summed E-state index contributed by atoms with van der Waals surface area (Å²) in [6, 6.07) is 9.22. The van der Waals surface area contributed by atoms with Crippen LogP contribution < -0.4 is 9.64 Å². The van der Waals surface area contributed by atoms with Crippen LogP contribution in [0.4, 0.5) is 5.69 Å². The van der Waals surface area contributed by atoms with Crippen LogP contribution in [-0.2, 0) is 14.6 Å². The molecule has 24 heavy (non-hydrogen) atoms. The Hall–Kier alpha value is -2.00. The van der Waals surface area contributed by atoms with Gasteiger partial charge in [-0.25, -0.2) is 8.42 Å². The van der Waals surface area contributed by atoms with Crippen molar-refractivity contribution in [2.24, 2.45) is 0 Å². The molecule has 0 saturated carbocycles. The van der Waals surface area contributed by atoms with Crippen molar-refractivity contribution in [3.8, 4) is 5.19 Å². The minimum absolute atomic E-state index is 0.0473. The van der Waals surface area contributed by atoms with Crippen LogP contribution in [0.3, 0.4) is 0 Å². The van der Waals surface area contributed by atoms with E-state index in [9.17, 15) is 13.2 Å². The Balaban J connectivity index is 2.07. The van der Waals surface area contributed by atoms with Gasteiger partial charge in [-0.3, -0.25) is 4.79 Å². The normalized spacial score (nSPS) is 11.5. The van der Waals surface area contributed by atoms with Gasteiger partial charge >= 0.3 is 0 Å². The number of aromatic nitrogens is 2. The molecular formula is C15H19N3O4S2. The van der Waals surface area contributed by atoms with Crippen molar-refractivity contribution in [1.29, 1.82) is 0 Å². The van der Waals surface area contributed by atoms with Crippen molar-refractivity contribution in [2.45, 2.75) is 32.0 Å². The first-order chi connectivity index (χ1) is 11.3. The van der Waals surface area contributed by atoms with E-state index in [1.165, 1.54) is 6.92 Å². The van der Waals surface area contributed by atoms with Crippen LogP contribution in [0.15, 0.2) is 35.5 Å². The number of para-hydroxylation sites is 1. The highest BCUT2D eigenvalue weighted by molar-refractivity contribution is 7.91. The summed E-state index contributed by atoms with van der Waals surface area (Å²) in [6.07, 6.45) is 0. The minimum atomic E-state index is -3.48. The minimum Gasteiger partial charge on any atom is -0.459 e. The van der Waals surface area contributed by atoms with Gasteiger partial charge in [-0.05, 0) is 26.0 Å². The zero-order valence-electron chi connectivity index (χ0n) is 13.7. The summed E-state index contributed by atoms with van der Waals surface area (Å²) in [7, 11) is -3.48. The van der Waals surface area contributed by atoms with Crippen LogP contribution in [0.5, 0.6) is 5.19 Å². The molecule has 0 atom stereocenters. The lowest BCUT2D eigenvalue weighted by atomic mass is 10.2. The van der Waals surface area contributed by atoms with Crippen LogP contribution in [0, 0.1) is 0 Å². The van der Waals surface area contributed by atoms with Crippen molar-refractivity contribution in [1.82, 2.24) is 9.36 Å². The lowest BCUT2D eigenvalue weighted by Crippen LogP contribution is -2.40. The van der Waals surface area contributed by atoms with Gasteiger partial charge in [-0.1, -0.05) is 25.1 Å². The predicted octanol–water partition coefficient (Wildman–Crippen LogP) is 2.15. The van der Waals surface area contributed by atoms with Crippen molar-refractivity contribution in [3.05, 3.63) is 30.3 Å². The average Bonchev–Trinajstić information content (AvgIpc) is 3.03. The summed E-state index contributed by atoms with van der Waals surface area (Å²) in [5, 5.41) is -0.201. The molecule has 9 heteroatoms. The molecule has 0 fully saturated rings. The van der Waals surface area contributed by atoms with Crippen LogP contribution in [0.25, 0.3) is 0 Å². The fourth-order valence-corrected chi connectivity index (χ4v) is 3.56. The quantitative estimate of drug-likeness (QED) is 0.743. The Kier molecular flexibility index (Phi) is 5.89. The van der Waals surface area contributed by atoms with Gasteiger partial charge < -0.3 is 9.64 Å². The topological polar surface area (TPSA) is 89.5 Å². The maximum Gasteiger partial charge on any atom is 0.294 e. The molecule has 1 heterocycles. The second-order valence-corrected chi connectivity index (χ2v) is 8.11. The smallest absolute Gasteiger partial charge is 0.294 e. The maximum absolute atomic E-state index is 12.5. The SMILES string of the molecule is CCS(=O)(=O)c1nsc(OCC(=O)N(c2ccccc2)C(C)C)n1. The largest absolute Gasteiger partial charge is 0.459 e. The first-order valence-corrected chi connectivity index (χ1v) is 9.84. The van der Waals surface area contributed by atoms with Gasteiger partial charge in [0.05, 0.1) is 5.75 Å². The van der Waals surface area contributed by atoms with Gasteiger partial charge in [-0.15, -0.1) is 0 Å². The number of rotatable bonds is 7. The number of ether oxygens (including phenoxy) is 1. The van der Waals surface area contributed by atoms with Crippen LogP contribution in [-0.4, -0.2) is 42.1 Å². The van der Waals surface area contributed by atoms with Crippen molar-refractivity contribution < 1.29 is 17.9 Å². The third kappa shape index (κ3) is 4.30. The van der Waals surface area contributed by atoms with Crippen molar-refractivity contribution >= 4 is 33.0 Å². The monoisotopic (exact) mass is 369 g/mol. The Morgan fingerprint density at radius 2 is 1.96 bits per heavy atom. The maximum atomic E-state index is 12.5. The van der Waals surface area contributed by atoms with Gasteiger partial charge in [0.25, 0.3) is 16.3 Å². The lowest BCUT2D eigenvalue weighted by Gasteiger charge is -2.26. The second-order valence-electron chi connectivity index (χ2n) is 5.23. The van der Waals surface area contributed by atoms with E-state index in [-0.39, 0.29) is 34.7 Å². The number of carbonyl (C=O) groups is 1. The summed E-state index contributed by atoms with van der Waals surface area (Å²) in [6.45, 7) is 5.08. The number of hydrogen-bond donors (Lipinski definition) is 0. The van der Waals surface area contributed by atoms with E-state index < -0.39 is 9.84 Å². The molecular weight excluding hydrogens is 350 g/mol. The molecule has 0 unspecified atom stereocenters. The number of amides is 1. The van der Waals surface area contributed by atoms with E-state index in [2.05, 4.69) is 9.36 Å². The molecule has 1 amide bonds. The van der Waals surface area contributed by atoms with E-state index in [1.807, 2.05) is 44.2 Å². The van der Waals surface area contributed by atoms with Gasteiger partial charge in [-0.2, -0.15) is 9.36 Å². The van der Waals surface area contributed by atoms with Crippen LogP contribution >= 0.6 is 11.5 Å². The summed E-state index contributed by atoms with van der Waals surface area (Å²) >= 11 is 0.816. The zero-order chi connectivity index (χ0) is 17.7. The highest BCUT2D eigenvalue weighted by atomic mass is 32.2. The molecule has 0 N–H and O–H groups in total. The highest BCUT2D eigenvalue weighted by Crippen LogP contribution is 2.20. The molecule has 1 aromatic heterocycles. The molecule has 0 aliphatic rings. The molecule has 0 radical (unpaired) electrons. The zero-order valence-corrected chi connectivity index (χ0v) is 15.3. The molecule has 1 aromatic carbocycles. The Bertz CT molecular complexity index is 788. The molecule has 2 rings (SSSR count). The van der Waals surface area contributed by atoms with Gasteiger partial charge in [0, 0.05) is 23.3 Å². The number of hydrogen-bond acceptors (Lipinski definition) is 7. The molecule has 7 nitrogen and oxygen atoms in total. The number of nitrogens with zero attached hydrogens (tertiary/aromatic N) is 3. The predicted molar refractivity (Wildman–Crippen MR) is 92.2 cm³/mol. The molecule has 130 valence electrons. The van der Waals surface area contributed by atoms with Gasteiger partial charge in [0.2, 0.25) is 9.84 Å². The summed E-state index contributed by atoms with van der Waals surface area (Å²) < 4.78 is 32.5. The van der Waals surface area contributed by atoms with Crippen LogP contribution in [0.1, 0.15) is 20.8 Å². The molecule has 0 saturated heterocycles. The Morgan fingerprint density at radius 3 is 2.54 bits per heavy atom. The van der Waals surface area contributed by atoms with E-state index in [0.717, 1.165) is 17.2 Å². The fraction of sp³-hybridized carbons (Fsp3) is 0.400. The molecule has 0 aliphatic heterocycles. The summed E-state index contributed by atoms with van der Waals surface area (Å²) in [5.41, 5.74) is 0.771. The first-order valence-electron chi connectivity index (χ1n) is 7.41. The Labute approximate surface area is 145 Å². The first kappa shape index (κ1) is 18.3.